The molecule has 2 heterocycles. The van der Waals surface area contributed by atoms with Crippen molar-refractivity contribution in [1.82, 2.24) is 15.5 Å². The van der Waals surface area contributed by atoms with Crippen LogP contribution in [0.25, 0.3) is 0 Å². The predicted molar refractivity (Wildman–Crippen MR) is 93.9 cm³/mol. The highest BCUT2D eigenvalue weighted by Crippen LogP contribution is 2.17. The molecule has 6 heteroatoms. The number of hydrogen-bond donors (Lipinski definition) is 2. The maximum atomic E-state index is 12.1. The summed E-state index contributed by atoms with van der Waals surface area (Å²) >= 11 is 1.52. The van der Waals surface area contributed by atoms with Crippen molar-refractivity contribution in [2.24, 2.45) is 5.41 Å². The van der Waals surface area contributed by atoms with Crippen LogP contribution in [0.1, 0.15) is 50.4 Å². The fraction of sp³-hybridized carbons (Fsp3) is 0.647. The number of likely N-dealkylation sites (tertiary alicyclic amines) is 1. The first-order valence-corrected chi connectivity index (χ1v) is 9.15. The van der Waals surface area contributed by atoms with E-state index in [0.29, 0.717) is 19.6 Å². The Morgan fingerprint density at radius 1 is 1.30 bits per heavy atom. The summed E-state index contributed by atoms with van der Waals surface area (Å²) in [6.07, 6.45) is 2.58. The lowest BCUT2D eigenvalue weighted by Crippen LogP contribution is -2.49. The van der Waals surface area contributed by atoms with Crippen molar-refractivity contribution in [3.63, 3.8) is 0 Å². The summed E-state index contributed by atoms with van der Waals surface area (Å²) in [5, 5.41) is 9.80. The van der Waals surface area contributed by atoms with E-state index in [1.165, 1.54) is 11.3 Å². The van der Waals surface area contributed by atoms with E-state index in [4.69, 9.17) is 0 Å². The van der Waals surface area contributed by atoms with E-state index in [0.717, 1.165) is 24.8 Å². The average Bonchev–Trinajstić information content (AvgIpc) is 3.01. The van der Waals surface area contributed by atoms with E-state index in [1.807, 2.05) is 21.7 Å². The van der Waals surface area contributed by atoms with Crippen LogP contribution in [0.5, 0.6) is 0 Å². The second-order valence-electron chi connectivity index (χ2n) is 7.29. The first-order valence-electron chi connectivity index (χ1n) is 8.21. The lowest BCUT2D eigenvalue weighted by atomic mass is 9.92. The number of piperidine rings is 1. The van der Waals surface area contributed by atoms with Gasteiger partial charge in [0.25, 0.3) is 5.91 Å². The van der Waals surface area contributed by atoms with Gasteiger partial charge in [-0.3, -0.25) is 4.79 Å². The van der Waals surface area contributed by atoms with Crippen LogP contribution in [-0.4, -0.2) is 42.5 Å². The van der Waals surface area contributed by atoms with Crippen LogP contribution in [-0.2, 0) is 0 Å². The molecule has 2 N–H and O–H groups in total. The van der Waals surface area contributed by atoms with Gasteiger partial charge in [0.1, 0.15) is 0 Å². The number of urea groups is 1. The zero-order chi connectivity index (χ0) is 16.9. The number of nitrogens with one attached hydrogen (secondary N) is 2. The molecular weight excluding hydrogens is 310 g/mol. The van der Waals surface area contributed by atoms with Crippen molar-refractivity contribution in [2.45, 2.75) is 46.1 Å². The van der Waals surface area contributed by atoms with E-state index >= 15 is 0 Å². The van der Waals surface area contributed by atoms with Crippen LogP contribution in [0.3, 0.4) is 0 Å². The minimum Gasteiger partial charge on any atom is -0.349 e. The Morgan fingerprint density at radius 3 is 2.57 bits per heavy atom. The molecule has 0 aromatic carbocycles. The molecule has 1 aromatic rings. The Labute approximate surface area is 142 Å². The second-order valence-corrected chi connectivity index (χ2v) is 8.07. The predicted octanol–water partition coefficient (Wildman–Crippen LogP) is 3.09. The van der Waals surface area contributed by atoms with Crippen molar-refractivity contribution >= 4 is 23.3 Å². The third-order valence-electron chi connectivity index (χ3n) is 4.05. The molecule has 128 valence electrons. The summed E-state index contributed by atoms with van der Waals surface area (Å²) in [5.74, 6) is -0.0145. The maximum absolute atomic E-state index is 12.1. The third kappa shape index (κ3) is 5.86. The fourth-order valence-electron chi connectivity index (χ4n) is 2.55. The van der Waals surface area contributed by atoms with Crippen molar-refractivity contribution in [3.05, 3.63) is 22.4 Å². The number of carbonyl (C=O) groups excluding carboxylic acids is 2. The molecule has 0 saturated carbocycles. The highest BCUT2D eigenvalue weighted by atomic mass is 32.1. The molecule has 0 aliphatic carbocycles. The Morgan fingerprint density at radius 2 is 2.00 bits per heavy atom. The van der Waals surface area contributed by atoms with Crippen molar-refractivity contribution in [2.75, 3.05) is 19.6 Å². The average molecular weight is 337 g/mol. The van der Waals surface area contributed by atoms with Gasteiger partial charge in [0, 0.05) is 36.6 Å². The van der Waals surface area contributed by atoms with Gasteiger partial charge in [0.2, 0.25) is 0 Å². The fourth-order valence-corrected chi connectivity index (χ4v) is 3.18. The smallest absolute Gasteiger partial charge is 0.317 e. The minimum absolute atomic E-state index is 0.0110. The van der Waals surface area contributed by atoms with Gasteiger partial charge in [-0.25, -0.2) is 4.79 Å². The first-order chi connectivity index (χ1) is 10.8. The van der Waals surface area contributed by atoms with E-state index in [1.54, 1.807) is 0 Å². The number of rotatable bonds is 4. The van der Waals surface area contributed by atoms with E-state index in [-0.39, 0.29) is 23.4 Å². The lowest BCUT2D eigenvalue weighted by Gasteiger charge is -2.32. The van der Waals surface area contributed by atoms with Gasteiger partial charge in [-0.2, -0.15) is 11.3 Å². The van der Waals surface area contributed by atoms with Gasteiger partial charge < -0.3 is 15.5 Å². The SMILES string of the molecule is CC(C)(C)CCNC(=O)N1CCC(NC(=O)c2ccsc2)CC1. The topological polar surface area (TPSA) is 61.4 Å². The van der Waals surface area contributed by atoms with Gasteiger partial charge in [-0.05, 0) is 36.1 Å². The molecule has 0 radical (unpaired) electrons. The molecular formula is C17H27N3O2S. The summed E-state index contributed by atoms with van der Waals surface area (Å²) < 4.78 is 0. The molecule has 1 saturated heterocycles. The molecule has 3 amide bonds. The van der Waals surface area contributed by atoms with E-state index < -0.39 is 0 Å². The van der Waals surface area contributed by atoms with Gasteiger partial charge >= 0.3 is 6.03 Å². The molecule has 5 nitrogen and oxygen atoms in total. The molecule has 0 unspecified atom stereocenters. The van der Waals surface area contributed by atoms with Gasteiger partial charge in [-0.15, -0.1) is 0 Å². The first kappa shape index (κ1) is 17.8. The number of nitrogens with zero attached hydrogens (tertiary/aromatic N) is 1. The Kier molecular flexibility index (Phi) is 6.04. The van der Waals surface area contributed by atoms with Crippen molar-refractivity contribution in [3.8, 4) is 0 Å². The molecule has 1 aliphatic heterocycles. The van der Waals surface area contributed by atoms with Crippen molar-refractivity contribution < 1.29 is 9.59 Å². The van der Waals surface area contributed by atoms with E-state index in [2.05, 4.69) is 31.4 Å². The Hall–Kier alpha value is -1.56. The zero-order valence-corrected chi connectivity index (χ0v) is 15.0. The Balaban J connectivity index is 1.69. The number of carbonyl (C=O) groups is 2. The number of thiophene rings is 1. The minimum atomic E-state index is -0.0145. The van der Waals surface area contributed by atoms with E-state index in [9.17, 15) is 9.59 Å². The molecule has 0 atom stereocenters. The standard InChI is InChI=1S/C17H27N3O2S/c1-17(2,3)7-8-18-16(22)20-9-4-14(5-10-20)19-15(21)13-6-11-23-12-13/h6,11-12,14H,4-5,7-10H2,1-3H3,(H,18,22)(H,19,21). The molecule has 0 spiro atoms. The second kappa shape index (κ2) is 7.81. The van der Waals surface area contributed by atoms with Gasteiger partial charge in [-0.1, -0.05) is 20.8 Å². The lowest BCUT2D eigenvalue weighted by molar-refractivity contribution is 0.0918. The molecule has 1 aromatic heterocycles. The zero-order valence-electron chi connectivity index (χ0n) is 14.2. The Bertz CT molecular complexity index is 514. The highest BCUT2D eigenvalue weighted by molar-refractivity contribution is 7.08. The number of hydrogen-bond acceptors (Lipinski definition) is 3. The summed E-state index contributed by atoms with van der Waals surface area (Å²) in [4.78, 5) is 26.0. The summed E-state index contributed by atoms with van der Waals surface area (Å²) in [6, 6.07) is 2.00. The summed E-state index contributed by atoms with van der Waals surface area (Å²) in [6.45, 7) is 8.59. The molecule has 0 bridgehead atoms. The maximum Gasteiger partial charge on any atom is 0.317 e. The molecule has 1 fully saturated rings. The van der Waals surface area contributed by atoms with Crippen LogP contribution in [0.15, 0.2) is 16.8 Å². The van der Waals surface area contributed by atoms with Crippen LogP contribution < -0.4 is 10.6 Å². The van der Waals surface area contributed by atoms with Crippen LogP contribution in [0.2, 0.25) is 0 Å². The quantitative estimate of drug-likeness (QED) is 0.887. The van der Waals surface area contributed by atoms with Gasteiger partial charge in [0.15, 0.2) is 0 Å². The number of amides is 3. The monoisotopic (exact) mass is 337 g/mol. The largest absolute Gasteiger partial charge is 0.349 e. The molecule has 2 rings (SSSR count). The molecule has 1 aliphatic rings. The highest BCUT2D eigenvalue weighted by Gasteiger charge is 2.24. The summed E-state index contributed by atoms with van der Waals surface area (Å²) in [5.41, 5.74) is 0.948. The normalized spacial score (nSPS) is 16.2. The molecule has 23 heavy (non-hydrogen) atoms. The third-order valence-corrected chi connectivity index (χ3v) is 4.74. The summed E-state index contributed by atoms with van der Waals surface area (Å²) in [7, 11) is 0. The van der Waals surface area contributed by atoms with Crippen molar-refractivity contribution in [1.29, 1.82) is 0 Å². The van der Waals surface area contributed by atoms with Crippen LogP contribution in [0.4, 0.5) is 4.79 Å². The van der Waals surface area contributed by atoms with Crippen LogP contribution >= 0.6 is 11.3 Å². The van der Waals surface area contributed by atoms with Crippen LogP contribution in [0, 0.1) is 5.41 Å². The van der Waals surface area contributed by atoms with Gasteiger partial charge in [0.05, 0.1) is 0 Å².